The second-order valence-corrected chi connectivity index (χ2v) is 22.0. The Labute approximate surface area is 507 Å². The van der Waals surface area contributed by atoms with E-state index in [2.05, 4.69) is 191 Å². The summed E-state index contributed by atoms with van der Waals surface area (Å²) in [6, 6.07) is 95.3. The molecular weight excluding hydrogens is 1070 g/mol. The number of nitrogens with zero attached hydrogens (tertiary/aromatic N) is 8. The standard InChI is InChI=1S/C80H50N8/c81-45-52-14-13-23-61(40-52)80-78(87-74-41-57(62-28-36-70(83-46-62)53-15-5-1-6-16-53)24-32-66(74)67-33-25-58(42-75(67)87)63-29-37-71(84-47-63)54-17-7-2-8-18-54)50-82-51-79(80)88-76-43-59(64-30-38-72(85-48-64)55-19-9-3-10-20-55)26-34-68(76)69-35-27-60(44-77(69)88)65-31-39-73(86-49-65)56-21-11-4-12-22-56/h1-44,46-51H. The van der Waals surface area contributed by atoms with Crippen LogP contribution in [0.2, 0.25) is 0 Å². The molecule has 0 aliphatic heterocycles. The Balaban J connectivity index is 0.950. The smallest absolute Gasteiger partial charge is 0.0991 e. The summed E-state index contributed by atoms with van der Waals surface area (Å²) in [4.78, 5) is 25.2. The van der Waals surface area contributed by atoms with Gasteiger partial charge in [0.1, 0.15) is 0 Å². The number of benzene rings is 9. The molecule has 0 saturated carbocycles. The van der Waals surface area contributed by atoms with Crippen molar-refractivity contribution in [3.8, 4) is 118 Å². The zero-order chi connectivity index (χ0) is 58.5. The van der Waals surface area contributed by atoms with Gasteiger partial charge in [0, 0.05) is 96.4 Å². The van der Waals surface area contributed by atoms with E-state index in [9.17, 15) is 5.26 Å². The minimum Gasteiger partial charge on any atom is -0.307 e. The highest BCUT2D eigenvalue weighted by Crippen LogP contribution is 2.45. The number of pyridine rings is 5. The maximum Gasteiger partial charge on any atom is 0.0991 e. The molecule has 7 heterocycles. The predicted octanol–water partition coefficient (Wildman–Crippen LogP) is 19.7. The lowest BCUT2D eigenvalue weighted by Gasteiger charge is -2.20. The number of hydrogen-bond donors (Lipinski definition) is 0. The van der Waals surface area contributed by atoms with Gasteiger partial charge in [-0.2, -0.15) is 5.26 Å². The number of rotatable bonds is 11. The predicted molar refractivity (Wildman–Crippen MR) is 358 cm³/mol. The zero-order valence-corrected chi connectivity index (χ0v) is 47.4. The first-order chi connectivity index (χ1) is 43.6. The Kier molecular flexibility index (Phi) is 12.7. The molecular formula is C80H50N8. The summed E-state index contributed by atoms with van der Waals surface area (Å²) < 4.78 is 4.73. The van der Waals surface area contributed by atoms with Crippen LogP contribution in [0.3, 0.4) is 0 Å². The largest absolute Gasteiger partial charge is 0.307 e. The second kappa shape index (κ2) is 21.8. The molecule has 0 amide bonds. The van der Waals surface area contributed by atoms with E-state index < -0.39 is 0 Å². The van der Waals surface area contributed by atoms with Crippen LogP contribution in [0.5, 0.6) is 0 Å². The normalized spacial score (nSPS) is 11.4. The second-order valence-electron chi connectivity index (χ2n) is 22.0. The number of hydrogen-bond acceptors (Lipinski definition) is 6. The topological polar surface area (TPSA) is 98.1 Å². The lowest BCUT2D eigenvalue weighted by atomic mass is 10.00. The fourth-order valence-corrected chi connectivity index (χ4v) is 12.5. The lowest BCUT2D eigenvalue weighted by Crippen LogP contribution is -2.05. The van der Waals surface area contributed by atoms with Crippen LogP contribution >= 0.6 is 0 Å². The molecule has 0 aliphatic rings. The Bertz CT molecular complexity index is 4740. The van der Waals surface area contributed by atoms with Crippen LogP contribution in [0.4, 0.5) is 0 Å². The SMILES string of the molecule is N#Cc1cccc(-c2c(-n3c4cc(-c5ccc(-c6ccccc6)nc5)ccc4c4ccc(-c5ccc(-c6ccccc6)nc5)cc43)cncc2-n2c3cc(-c4ccc(-c5ccccc5)nc4)ccc3c3ccc(-c4ccc(-c5ccccc5)nc4)cc32)c1. The fourth-order valence-electron chi connectivity index (χ4n) is 12.5. The monoisotopic (exact) mass is 1120 g/mol. The highest BCUT2D eigenvalue weighted by molar-refractivity contribution is 6.14. The van der Waals surface area contributed by atoms with Gasteiger partial charge in [-0.05, 0) is 88.5 Å². The summed E-state index contributed by atoms with van der Waals surface area (Å²) in [6.07, 6.45) is 11.8. The molecule has 410 valence electrons. The zero-order valence-electron chi connectivity index (χ0n) is 47.4. The Hall–Kier alpha value is -12.2. The van der Waals surface area contributed by atoms with E-state index in [1.165, 1.54) is 0 Å². The van der Waals surface area contributed by atoms with Crippen LogP contribution in [-0.2, 0) is 0 Å². The van der Waals surface area contributed by atoms with Gasteiger partial charge >= 0.3 is 0 Å². The summed E-state index contributed by atoms with van der Waals surface area (Å²) in [7, 11) is 0. The van der Waals surface area contributed by atoms with E-state index >= 15 is 0 Å². The summed E-state index contributed by atoms with van der Waals surface area (Å²) >= 11 is 0. The third-order valence-electron chi connectivity index (χ3n) is 16.9. The van der Waals surface area contributed by atoms with Gasteiger partial charge in [-0.1, -0.05) is 206 Å². The van der Waals surface area contributed by atoms with Crippen LogP contribution in [0.25, 0.3) is 156 Å². The molecule has 8 heteroatoms. The summed E-state index contributed by atoms with van der Waals surface area (Å²) in [5.41, 5.74) is 23.8. The van der Waals surface area contributed by atoms with Crippen molar-refractivity contribution >= 4 is 43.6 Å². The van der Waals surface area contributed by atoms with Crippen LogP contribution < -0.4 is 0 Å². The van der Waals surface area contributed by atoms with Gasteiger partial charge < -0.3 is 9.13 Å². The average Bonchev–Trinajstić information content (AvgIpc) is 1.69. The van der Waals surface area contributed by atoms with E-state index in [-0.39, 0.29) is 0 Å². The first-order valence-electron chi connectivity index (χ1n) is 29.3. The van der Waals surface area contributed by atoms with Crippen molar-refractivity contribution in [2.45, 2.75) is 0 Å². The fraction of sp³-hybridized carbons (Fsp3) is 0. The molecule has 16 aromatic rings. The number of nitriles is 1. The molecule has 0 aliphatic carbocycles. The lowest BCUT2D eigenvalue weighted by molar-refractivity contribution is 1.09. The molecule has 0 radical (unpaired) electrons. The molecule has 0 unspecified atom stereocenters. The van der Waals surface area contributed by atoms with Crippen LogP contribution in [0.15, 0.2) is 304 Å². The third-order valence-corrected chi connectivity index (χ3v) is 16.9. The Morgan fingerprint density at radius 1 is 0.250 bits per heavy atom. The first-order valence-corrected chi connectivity index (χ1v) is 29.3. The van der Waals surface area contributed by atoms with E-state index in [4.69, 9.17) is 24.9 Å². The van der Waals surface area contributed by atoms with Crippen molar-refractivity contribution in [2.24, 2.45) is 0 Å². The van der Waals surface area contributed by atoms with Crippen LogP contribution in [0, 0.1) is 11.3 Å². The molecule has 7 aromatic heterocycles. The van der Waals surface area contributed by atoms with E-state index in [0.717, 1.165) is 156 Å². The van der Waals surface area contributed by atoms with Crippen molar-refractivity contribution in [1.82, 2.24) is 34.1 Å². The quantitative estimate of drug-likeness (QED) is 0.128. The van der Waals surface area contributed by atoms with Crippen molar-refractivity contribution in [3.63, 3.8) is 0 Å². The van der Waals surface area contributed by atoms with Gasteiger partial charge in [0.2, 0.25) is 0 Å². The summed E-state index contributed by atoms with van der Waals surface area (Å²) in [5, 5.41) is 15.0. The molecule has 0 saturated heterocycles. The van der Waals surface area contributed by atoms with Crippen LogP contribution in [-0.4, -0.2) is 34.1 Å². The van der Waals surface area contributed by atoms with E-state index in [0.29, 0.717) is 5.56 Å². The van der Waals surface area contributed by atoms with Gasteiger partial charge in [-0.3, -0.25) is 24.9 Å². The molecule has 0 bridgehead atoms. The molecule has 0 spiro atoms. The summed E-state index contributed by atoms with van der Waals surface area (Å²) in [5.74, 6) is 0. The maximum absolute atomic E-state index is 10.7. The molecule has 16 rings (SSSR count). The molecule has 0 atom stereocenters. The highest BCUT2D eigenvalue weighted by atomic mass is 15.0. The minimum absolute atomic E-state index is 0.542. The third kappa shape index (κ3) is 9.24. The first kappa shape index (κ1) is 51.5. The Morgan fingerprint density at radius 2 is 0.545 bits per heavy atom. The number of aromatic nitrogens is 7. The van der Waals surface area contributed by atoms with Gasteiger partial charge in [-0.25, -0.2) is 0 Å². The van der Waals surface area contributed by atoms with Crippen molar-refractivity contribution < 1.29 is 0 Å². The molecule has 9 aromatic carbocycles. The maximum atomic E-state index is 10.7. The van der Waals surface area contributed by atoms with Gasteiger partial charge in [0.25, 0.3) is 0 Å². The van der Waals surface area contributed by atoms with E-state index in [1.807, 2.05) is 128 Å². The van der Waals surface area contributed by atoms with E-state index in [1.54, 1.807) is 0 Å². The Morgan fingerprint density at radius 3 is 0.830 bits per heavy atom. The van der Waals surface area contributed by atoms with Crippen molar-refractivity contribution in [1.29, 1.82) is 5.26 Å². The summed E-state index contributed by atoms with van der Waals surface area (Å²) in [6.45, 7) is 0. The van der Waals surface area contributed by atoms with Gasteiger partial charge in [0.15, 0.2) is 0 Å². The highest BCUT2D eigenvalue weighted by Gasteiger charge is 2.25. The van der Waals surface area contributed by atoms with Gasteiger partial charge in [-0.15, -0.1) is 0 Å². The van der Waals surface area contributed by atoms with Gasteiger partial charge in [0.05, 0.1) is 80.2 Å². The van der Waals surface area contributed by atoms with Crippen molar-refractivity contribution in [2.75, 3.05) is 0 Å². The van der Waals surface area contributed by atoms with Crippen LogP contribution in [0.1, 0.15) is 5.56 Å². The average molecular weight is 1120 g/mol. The molecule has 88 heavy (non-hydrogen) atoms. The molecule has 0 N–H and O–H groups in total. The molecule has 8 nitrogen and oxygen atoms in total. The molecule has 0 fully saturated rings. The number of fused-ring (bicyclic) bond motifs is 6. The van der Waals surface area contributed by atoms with Crippen molar-refractivity contribution in [3.05, 3.63) is 310 Å². The minimum atomic E-state index is 0.542.